The summed E-state index contributed by atoms with van der Waals surface area (Å²) in [6.07, 6.45) is 8.63. The van der Waals surface area contributed by atoms with E-state index in [1.807, 2.05) is 73.7 Å². The molecule has 252 valence electrons. The Morgan fingerprint density at radius 3 is 2.08 bits per heavy atom. The standard InChI is InChI=1S/C39H39N3O7/c1-3-4-5-9-22-39(29-10-7-6-8-11-29,30-16-12-26(2)13-17-30)42-36(47)21-18-31(41-37(48)28-15-20-33(44)35(46)24-28)38(49)40-25-27-14-19-32(43)34(45)23-27/h3-17,19-20,22-24,31,43-46H,1,18,21,25H2,2H3,(H,40,49)(H,41,48)(H,42,47)/b5-4-,22-9+/t31-,39?/m0/s1. The van der Waals surface area contributed by atoms with Crippen LogP contribution in [0.15, 0.2) is 128 Å². The second kappa shape index (κ2) is 16.5. The van der Waals surface area contributed by atoms with E-state index in [4.69, 9.17) is 0 Å². The lowest BCUT2D eigenvalue weighted by Crippen LogP contribution is -2.48. The van der Waals surface area contributed by atoms with Crippen LogP contribution in [0.25, 0.3) is 0 Å². The Kier molecular flexibility index (Phi) is 12.0. The van der Waals surface area contributed by atoms with Gasteiger partial charge in [-0.2, -0.15) is 0 Å². The van der Waals surface area contributed by atoms with Gasteiger partial charge in [0.1, 0.15) is 11.6 Å². The number of nitrogens with one attached hydrogen (secondary N) is 3. The quantitative estimate of drug-likeness (QED) is 0.0704. The van der Waals surface area contributed by atoms with Gasteiger partial charge >= 0.3 is 0 Å². The maximum atomic E-state index is 13.8. The molecule has 0 spiro atoms. The largest absolute Gasteiger partial charge is 0.504 e. The molecular weight excluding hydrogens is 622 g/mol. The molecule has 10 heteroatoms. The van der Waals surface area contributed by atoms with Crippen molar-refractivity contribution in [1.82, 2.24) is 16.0 Å². The van der Waals surface area contributed by atoms with Crippen LogP contribution in [0.4, 0.5) is 0 Å². The first-order valence-corrected chi connectivity index (χ1v) is 15.5. The number of allylic oxidation sites excluding steroid dienone is 4. The smallest absolute Gasteiger partial charge is 0.252 e. The zero-order valence-corrected chi connectivity index (χ0v) is 27.0. The topological polar surface area (TPSA) is 168 Å². The van der Waals surface area contributed by atoms with E-state index in [0.717, 1.165) is 28.8 Å². The summed E-state index contributed by atoms with van der Waals surface area (Å²) < 4.78 is 0. The van der Waals surface area contributed by atoms with Gasteiger partial charge in [0.15, 0.2) is 23.0 Å². The zero-order chi connectivity index (χ0) is 35.4. The van der Waals surface area contributed by atoms with Crippen molar-refractivity contribution >= 4 is 17.7 Å². The Labute approximate surface area is 284 Å². The molecule has 0 fully saturated rings. The van der Waals surface area contributed by atoms with Crippen LogP contribution < -0.4 is 16.0 Å². The molecule has 0 bridgehead atoms. The first kappa shape index (κ1) is 35.6. The van der Waals surface area contributed by atoms with E-state index in [9.17, 15) is 34.8 Å². The van der Waals surface area contributed by atoms with Crippen molar-refractivity contribution in [3.05, 3.63) is 156 Å². The molecule has 0 saturated carbocycles. The fourth-order valence-electron chi connectivity index (χ4n) is 5.13. The highest BCUT2D eigenvalue weighted by atomic mass is 16.3. The van der Waals surface area contributed by atoms with E-state index < -0.39 is 40.8 Å². The maximum absolute atomic E-state index is 13.8. The van der Waals surface area contributed by atoms with Gasteiger partial charge in [-0.1, -0.05) is 103 Å². The molecule has 4 rings (SSSR count). The van der Waals surface area contributed by atoms with Crippen molar-refractivity contribution in [2.24, 2.45) is 0 Å². The van der Waals surface area contributed by atoms with Crippen LogP contribution in [0.2, 0.25) is 0 Å². The molecule has 2 atom stereocenters. The summed E-state index contributed by atoms with van der Waals surface area (Å²) >= 11 is 0. The van der Waals surface area contributed by atoms with Crippen molar-refractivity contribution in [3.63, 3.8) is 0 Å². The highest BCUT2D eigenvalue weighted by Gasteiger charge is 2.34. The van der Waals surface area contributed by atoms with Crippen LogP contribution in [0, 0.1) is 6.92 Å². The van der Waals surface area contributed by atoms with E-state index in [2.05, 4.69) is 22.5 Å². The summed E-state index contributed by atoms with van der Waals surface area (Å²) in [4.78, 5) is 40.4. The van der Waals surface area contributed by atoms with Gasteiger partial charge in [-0.15, -0.1) is 0 Å². The molecule has 3 amide bonds. The number of amides is 3. The van der Waals surface area contributed by atoms with Crippen molar-refractivity contribution in [2.45, 2.75) is 37.9 Å². The fraction of sp³-hybridized carbons (Fsp3) is 0.154. The molecule has 0 aliphatic rings. The summed E-state index contributed by atoms with van der Waals surface area (Å²) in [6, 6.07) is 23.6. The molecule has 0 heterocycles. The van der Waals surface area contributed by atoms with Gasteiger partial charge < -0.3 is 36.4 Å². The van der Waals surface area contributed by atoms with Crippen LogP contribution in [-0.2, 0) is 21.7 Å². The Morgan fingerprint density at radius 2 is 1.43 bits per heavy atom. The van der Waals surface area contributed by atoms with Gasteiger partial charge in [-0.3, -0.25) is 14.4 Å². The van der Waals surface area contributed by atoms with Crippen LogP contribution in [0.3, 0.4) is 0 Å². The van der Waals surface area contributed by atoms with E-state index in [1.54, 1.807) is 18.2 Å². The van der Waals surface area contributed by atoms with Crippen molar-refractivity contribution in [1.29, 1.82) is 0 Å². The highest BCUT2D eigenvalue weighted by molar-refractivity contribution is 5.98. The summed E-state index contributed by atoms with van der Waals surface area (Å²) in [5.41, 5.74) is 2.01. The average Bonchev–Trinajstić information content (AvgIpc) is 3.10. The molecule has 49 heavy (non-hydrogen) atoms. The number of rotatable bonds is 14. The SMILES string of the molecule is C=C/C=C\C=C\C(NC(=O)CC[C@H](NC(=O)c1ccc(O)c(O)c1)C(=O)NCc1ccc(O)c(O)c1)(c1ccccc1)c1ccc(C)cc1. The predicted molar refractivity (Wildman–Crippen MR) is 187 cm³/mol. The Balaban J connectivity index is 1.61. The highest BCUT2D eigenvalue weighted by Crippen LogP contribution is 2.32. The van der Waals surface area contributed by atoms with Gasteiger partial charge in [-0.25, -0.2) is 0 Å². The molecule has 0 aromatic heterocycles. The number of phenolic OH excluding ortho intramolecular Hbond substituents is 4. The second-order valence-electron chi connectivity index (χ2n) is 11.4. The molecule has 10 nitrogen and oxygen atoms in total. The van der Waals surface area contributed by atoms with Crippen molar-refractivity contribution in [2.75, 3.05) is 0 Å². The van der Waals surface area contributed by atoms with Crippen LogP contribution in [0.5, 0.6) is 23.0 Å². The lowest BCUT2D eigenvalue weighted by Gasteiger charge is -2.34. The van der Waals surface area contributed by atoms with Crippen molar-refractivity contribution < 1.29 is 34.8 Å². The number of hydrogen-bond donors (Lipinski definition) is 7. The van der Waals surface area contributed by atoms with Gasteiger partial charge in [0.2, 0.25) is 11.8 Å². The Morgan fingerprint density at radius 1 is 0.776 bits per heavy atom. The third kappa shape index (κ3) is 9.39. The number of benzene rings is 4. The van der Waals surface area contributed by atoms with Crippen LogP contribution >= 0.6 is 0 Å². The minimum Gasteiger partial charge on any atom is -0.504 e. The number of phenols is 4. The van der Waals surface area contributed by atoms with E-state index >= 15 is 0 Å². The number of aryl methyl sites for hydroxylation is 1. The normalized spacial score (nSPS) is 13.0. The first-order valence-electron chi connectivity index (χ1n) is 15.5. The molecule has 0 radical (unpaired) electrons. The zero-order valence-electron chi connectivity index (χ0n) is 27.0. The molecule has 4 aromatic rings. The summed E-state index contributed by atoms with van der Waals surface area (Å²) in [7, 11) is 0. The lowest BCUT2D eigenvalue weighted by atomic mass is 9.81. The van der Waals surface area contributed by atoms with Crippen LogP contribution in [-0.4, -0.2) is 44.2 Å². The molecule has 0 saturated heterocycles. The minimum absolute atomic E-state index is 0.0128. The first-order chi connectivity index (χ1) is 23.5. The monoisotopic (exact) mass is 661 g/mol. The number of hydrogen-bond acceptors (Lipinski definition) is 7. The van der Waals surface area contributed by atoms with Gasteiger partial charge in [0.05, 0.1) is 0 Å². The van der Waals surface area contributed by atoms with Gasteiger partial charge in [0.25, 0.3) is 5.91 Å². The third-order valence-corrected chi connectivity index (χ3v) is 7.80. The number of carbonyl (C=O) groups excluding carboxylic acids is 3. The van der Waals surface area contributed by atoms with Crippen LogP contribution in [0.1, 0.15) is 45.5 Å². The van der Waals surface area contributed by atoms with E-state index in [1.165, 1.54) is 24.3 Å². The molecule has 4 aromatic carbocycles. The summed E-state index contributed by atoms with van der Waals surface area (Å²) in [5.74, 6) is -3.32. The third-order valence-electron chi connectivity index (χ3n) is 7.80. The fourth-order valence-corrected chi connectivity index (χ4v) is 5.13. The molecule has 1 unspecified atom stereocenters. The van der Waals surface area contributed by atoms with E-state index in [0.29, 0.717) is 5.56 Å². The molecule has 0 aliphatic heterocycles. The number of carbonyl (C=O) groups is 3. The minimum atomic E-state index is -1.20. The summed E-state index contributed by atoms with van der Waals surface area (Å²) in [5, 5.41) is 47.5. The van der Waals surface area contributed by atoms with E-state index in [-0.39, 0.29) is 36.4 Å². The Hall–Kier alpha value is -6.29. The van der Waals surface area contributed by atoms with Gasteiger partial charge in [-0.05, 0) is 60.4 Å². The molecule has 7 N–H and O–H groups in total. The molecule has 0 aliphatic carbocycles. The predicted octanol–water partition coefficient (Wildman–Crippen LogP) is 5.37. The lowest BCUT2D eigenvalue weighted by molar-refractivity contribution is -0.124. The maximum Gasteiger partial charge on any atom is 0.252 e. The second-order valence-corrected chi connectivity index (χ2v) is 11.4. The van der Waals surface area contributed by atoms with Crippen molar-refractivity contribution in [3.8, 4) is 23.0 Å². The van der Waals surface area contributed by atoms with Gasteiger partial charge in [0, 0.05) is 18.5 Å². The Bertz CT molecular complexity index is 1850. The number of aromatic hydroxyl groups is 4. The molecular formula is C39H39N3O7. The average molecular weight is 662 g/mol. The summed E-state index contributed by atoms with van der Waals surface area (Å²) in [6.45, 7) is 5.64.